The number of nitrogens with zero attached hydrogens (tertiary/aromatic N) is 2. The molecule has 1 aromatic heterocycles. The van der Waals surface area contributed by atoms with Crippen LogP contribution in [0, 0.1) is 0 Å². The third kappa shape index (κ3) is 3.11. The molecule has 2 aromatic rings. The van der Waals surface area contributed by atoms with Crippen LogP contribution in [-0.4, -0.2) is 14.9 Å². The Hall–Kier alpha value is -1.33. The second-order valence-electron chi connectivity index (χ2n) is 4.13. The number of aliphatic hydroxyl groups excluding tert-OH is 1. The van der Waals surface area contributed by atoms with E-state index >= 15 is 0 Å². The third-order valence-corrected chi connectivity index (χ3v) is 3.06. The first-order valence-electron chi connectivity index (χ1n) is 5.65. The molecule has 0 saturated carbocycles. The summed E-state index contributed by atoms with van der Waals surface area (Å²) in [7, 11) is 1.86. The zero-order valence-corrected chi connectivity index (χ0v) is 11.9. The van der Waals surface area contributed by atoms with Crippen molar-refractivity contribution in [2.45, 2.75) is 19.6 Å². The number of hydrogen-bond acceptors (Lipinski definition) is 3. The Morgan fingerprint density at radius 1 is 1.44 bits per heavy atom. The van der Waals surface area contributed by atoms with Gasteiger partial charge in [0, 0.05) is 23.3 Å². The van der Waals surface area contributed by atoms with E-state index in [2.05, 4.69) is 21.0 Å². The smallest absolute Gasteiger partial charge is 0.132 e. The molecule has 5 heteroatoms. The summed E-state index contributed by atoms with van der Waals surface area (Å²) in [5.74, 6) is 0.671. The number of benzene rings is 1. The van der Waals surface area contributed by atoms with Crippen LogP contribution >= 0.6 is 15.9 Å². The normalized spacial score (nSPS) is 12.4. The van der Waals surface area contributed by atoms with Crippen LogP contribution in [0.15, 0.2) is 34.9 Å². The molecule has 0 saturated heterocycles. The van der Waals surface area contributed by atoms with Crippen molar-refractivity contribution < 1.29 is 9.84 Å². The molecule has 0 fully saturated rings. The van der Waals surface area contributed by atoms with Crippen molar-refractivity contribution >= 4 is 15.9 Å². The molecule has 1 aromatic carbocycles. The molecule has 0 aliphatic rings. The van der Waals surface area contributed by atoms with E-state index in [1.807, 2.05) is 37.5 Å². The van der Waals surface area contributed by atoms with Crippen molar-refractivity contribution in [3.8, 4) is 5.75 Å². The molecule has 0 aliphatic carbocycles. The first kappa shape index (κ1) is 13.1. The third-order valence-electron chi connectivity index (χ3n) is 2.57. The van der Waals surface area contributed by atoms with Crippen LogP contribution in [0.2, 0.25) is 0 Å². The summed E-state index contributed by atoms with van der Waals surface area (Å²) in [4.78, 5) is 0. The maximum atomic E-state index is 9.68. The molecule has 1 heterocycles. The highest BCUT2D eigenvalue weighted by Crippen LogP contribution is 2.29. The molecular formula is C13H15BrN2O2. The molecule has 1 atom stereocenters. The molecule has 4 nitrogen and oxygen atoms in total. The fourth-order valence-electron chi connectivity index (χ4n) is 1.67. The number of halogens is 1. The maximum absolute atomic E-state index is 9.68. The van der Waals surface area contributed by atoms with E-state index in [4.69, 9.17) is 4.74 Å². The lowest BCUT2D eigenvalue weighted by molar-refractivity contribution is 0.189. The largest absolute Gasteiger partial charge is 0.487 e. The van der Waals surface area contributed by atoms with Crippen LogP contribution < -0.4 is 4.74 Å². The number of hydrogen-bond donors (Lipinski definition) is 1. The number of rotatable bonds is 4. The average molecular weight is 311 g/mol. The van der Waals surface area contributed by atoms with Gasteiger partial charge in [0.25, 0.3) is 0 Å². The molecule has 0 amide bonds. The van der Waals surface area contributed by atoms with Gasteiger partial charge in [0.2, 0.25) is 0 Å². The molecule has 96 valence electrons. The summed E-state index contributed by atoms with van der Waals surface area (Å²) in [5, 5.41) is 13.9. The quantitative estimate of drug-likeness (QED) is 0.944. The Morgan fingerprint density at radius 3 is 2.83 bits per heavy atom. The minimum Gasteiger partial charge on any atom is -0.487 e. The number of aryl methyl sites for hydroxylation is 1. The SMILES string of the molecule is CC(O)c1ccc(Br)cc1OCc1ccn(C)n1. The fourth-order valence-corrected chi connectivity index (χ4v) is 2.01. The number of aromatic nitrogens is 2. The molecular weight excluding hydrogens is 296 g/mol. The lowest BCUT2D eigenvalue weighted by Gasteiger charge is -2.13. The van der Waals surface area contributed by atoms with Crippen molar-refractivity contribution in [2.75, 3.05) is 0 Å². The van der Waals surface area contributed by atoms with Crippen molar-refractivity contribution in [2.24, 2.45) is 7.05 Å². The minimum atomic E-state index is -0.558. The summed E-state index contributed by atoms with van der Waals surface area (Å²) >= 11 is 3.39. The van der Waals surface area contributed by atoms with E-state index < -0.39 is 6.10 Å². The molecule has 0 bridgehead atoms. The molecule has 1 N–H and O–H groups in total. The Morgan fingerprint density at radius 2 is 2.22 bits per heavy atom. The van der Waals surface area contributed by atoms with Crippen molar-refractivity contribution in [1.29, 1.82) is 0 Å². The van der Waals surface area contributed by atoms with Crippen LogP contribution in [0.25, 0.3) is 0 Å². The molecule has 18 heavy (non-hydrogen) atoms. The van der Waals surface area contributed by atoms with E-state index in [0.717, 1.165) is 15.7 Å². The van der Waals surface area contributed by atoms with E-state index in [0.29, 0.717) is 12.4 Å². The lowest BCUT2D eigenvalue weighted by atomic mass is 10.1. The second kappa shape index (κ2) is 5.54. The monoisotopic (exact) mass is 310 g/mol. The second-order valence-corrected chi connectivity index (χ2v) is 5.04. The Balaban J connectivity index is 2.15. The Labute approximate surface area is 114 Å². The van der Waals surface area contributed by atoms with Gasteiger partial charge in [-0.3, -0.25) is 4.68 Å². The molecule has 1 unspecified atom stereocenters. The molecule has 2 rings (SSSR count). The van der Waals surface area contributed by atoms with Gasteiger partial charge in [0.1, 0.15) is 12.4 Å². The Kier molecular flexibility index (Phi) is 4.04. The standard InChI is InChI=1S/C13H15BrN2O2/c1-9(17)12-4-3-10(14)7-13(12)18-8-11-5-6-16(2)15-11/h3-7,9,17H,8H2,1-2H3. The molecule has 0 spiro atoms. The van der Waals surface area contributed by atoms with Gasteiger partial charge in [-0.05, 0) is 25.1 Å². The van der Waals surface area contributed by atoms with Gasteiger partial charge in [0.05, 0.1) is 11.8 Å². The first-order valence-corrected chi connectivity index (χ1v) is 6.44. The minimum absolute atomic E-state index is 0.386. The highest BCUT2D eigenvalue weighted by molar-refractivity contribution is 9.10. The van der Waals surface area contributed by atoms with Crippen molar-refractivity contribution in [3.63, 3.8) is 0 Å². The van der Waals surface area contributed by atoms with Gasteiger partial charge in [-0.1, -0.05) is 22.0 Å². The van der Waals surface area contributed by atoms with Crippen molar-refractivity contribution in [3.05, 3.63) is 46.2 Å². The average Bonchev–Trinajstić information content (AvgIpc) is 2.72. The first-order chi connectivity index (χ1) is 8.56. The van der Waals surface area contributed by atoms with Gasteiger partial charge in [-0.25, -0.2) is 0 Å². The summed E-state index contributed by atoms with van der Waals surface area (Å²) < 4.78 is 8.36. The van der Waals surface area contributed by atoms with Crippen LogP contribution in [0.3, 0.4) is 0 Å². The molecule has 0 aliphatic heterocycles. The predicted molar refractivity (Wildman–Crippen MR) is 72.3 cm³/mol. The summed E-state index contributed by atoms with van der Waals surface area (Å²) in [6.45, 7) is 2.11. The van der Waals surface area contributed by atoms with E-state index in [1.165, 1.54) is 0 Å². The number of ether oxygens (including phenoxy) is 1. The number of aliphatic hydroxyl groups is 1. The predicted octanol–water partition coefficient (Wildman–Crippen LogP) is 2.81. The van der Waals surface area contributed by atoms with Crippen LogP contribution in [0.5, 0.6) is 5.75 Å². The van der Waals surface area contributed by atoms with Crippen LogP contribution in [0.1, 0.15) is 24.3 Å². The van der Waals surface area contributed by atoms with Gasteiger partial charge in [-0.15, -0.1) is 0 Å². The van der Waals surface area contributed by atoms with Crippen LogP contribution in [-0.2, 0) is 13.7 Å². The molecule has 0 radical (unpaired) electrons. The van der Waals surface area contributed by atoms with Gasteiger partial charge in [0.15, 0.2) is 0 Å². The highest BCUT2D eigenvalue weighted by Gasteiger charge is 2.10. The zero-order valence-electron chi connectivity index (χ0n) is 10.3. The van der Waals surface area contributed by atoms with Gasteiger partial charge >= 0.3 is 0 Å². The van der Waals surface area contributed by atoms with E-state index in [1.54, 1.807) is 11.6 Å². The highest BCUT2D eigenvalue weighted by atomic mass is 79.9. The summed E-state index contributed by atoms with van der Waals surface area (Å²) in [6, 6.07) is 7.49. The lowest BCUT2D eigenvalue weighted by Crippen LogP contribution is -2.02. The van der Waals surface area contributed by atoms with E-state index in [9.17, 15) is 5.11 Å². The van der Waals surface area contributed by atoms with Crippen LogP contribution in [0.4, 0.5) is 0 Å². The maximum Gasteiger partial charge on any atom is 0.132 e. The zero-order chi connectivity index (χ0) is 13.1. The summed E-state index contributed by atoms with van der Waals surface area (Å²) in [6.07, 6.45) is 1.31. The van der Waals surface area contributed by atoms with Gasteiger partial charge < -0.3 is 9.84 Å². The van der Waals surface area contributed by atoms with E-state index in [-0.39, 0.29) is 0 Å². The summed E-state index contributed by atoms with van der Waals surface area (Å²) in [5.41, 5.74) is 1.63. The van der Waals surface area contributed by atoms with Gasteiger partial charge in [-0.2, -0.15) is 5.10 Å². The topological polar surface area (TPSA) is 47.3 Å². The van der Waals surface area contributed by atoms with Crippen molar-refractivity contribution in [1.82, 2.24) is 9.78 Å². The fraction of sp³-hybridized carbons (Fsp3) is 0.308. The Bertz CT molecular complexity index is 538.